The van der Waals surface area contributed by atoms with Crippen LogP contribution in [0.5, 0.6) is 0 Å². The van der Waals surface area contributed by atoms with E-state index < -0.39 is 6.03 Å². The molecule has 0 aliphatic carbocycles. The smallest absolute Gasteiger partial charge is 0.315 e. The molecule has 0 radical (unpaired) electrons. The fraction of sp³-hybridized carbons (Fsp3) is 0.143. The molecule has 1 aliphatic heterocycles. The van der Waals surface area contributed by atoms with E-state index in [0.717, 1.165) is 16.8 Å². The first-order chi connectivity index (χ1) is 10.6. The molecular weight excluding hydrogens is 284 g/mol. The van der Waals surface area contributed by atoms with Gasteiger partial charge in [0.1, 0.15) is 0 Å². The second kappa shape index (κ2) is 5.68. The number of nitrogens with two attached hydrogens (primary N) is 1. The number of nitrogens with zero attached hydrogens (tertiary/aromatic N) is 3. The van der Waals surface area contributed by atoms with E-state index >= 15 is 0 Å². The quantitative estimate of drug-likeness (QED) is 0.728. The molecule has 2 aromatic heterocycles. The number of fused-ring (bicyclic) bond motifs is 1. The summed E-state index contributed by atoms with van der Waals surface area (Å²) in [5, 5.41) is 9.54. The van der Waals surface area contributed by atoms with E-state index in [1.807, 2.05) is 0 Å². The number of hydrogen-bond acceptors (Lipinski definition) is 4. The average molecular weight is 298 g/mol. The number of pyridine rings is 1. The Hall–Kier alpha value is -3.16. The Labute approximate surface area is 126 Å². The third-order valence-corrected chi connectivity index (χ3v) is 3.34. The first kappa shape index (κ1) is 13.8. The molecule has 3 amide bonds. The molecule has 0 saturated carbocycles. The van der Waals surface area contributed by atoms with Crippen LogP contribution in [0.2, 0.25) is 0 Å². The second-order valence-electron chi connectivity index (χ2n) is 4.83. The van der Waals surface area contributed by atoms with E-state index in [9.17, 15) is 9.59 Å². The van der Waals surface area contributed by atoms with Crippen molar-refractivity contribution in [2.45, 2.75) is 13.1 Å². The Morgan fingerprint density at radius 1 is 1.32 bits per heavy atom. The number of rotatable bonds is 3. The summed E-state index contributed by atoms with van der Waals surface area (Å²) in [4.78, 5) is 28.5. The number of urea groups is 1. The molecule has 3 heterocycles. The van der Waals surface area contributed by atoms with Crippen LogP contribution in [0, 0.1) is 0 Å². The summed E-state index contributed by atoms with van der Waals surface area (Å²) in [5.41, 5.74) is 7.69. The van der Waals surface area contributed by atoms with E-state index in [2.05, 4.69) is 20.5 Å². The van der Waals surface area contributed by atoms with E-state index in [1.165, 1.54) is 11.0 Å². The number of carbonyl (C=O) groups excluding carboxylic acids is 2. The van der Waals surface area contributed by atoms with Gasteiger partial charge in [-0.1, -0.05) is 0 Å². The van der Waals surface area contributed by atoms with E-state index in [-0.39, 0.29) is 5.91 Å². The number of anilines is 1. The van der Waals surface area contributed by atoms with Gasteiger partial charge in [0, 0.05) is 24.0 Å². The summed E-state index contributed by atoms with van der Waals surface area (Å²) in [7, 11) is 0. The van der Waals surface area contributed by atoms with Crippen molar-refractivity contribution in [1.29, 1.82) is 0 Å². The molecule has 0 saturated heterocycles. The van der Waals surface area contributed by atoms with Gasteiger partial charge in [-0.15, -0.1) is 0 Å². The highest BCUT2D eigenvalue weighted by atomic mass is 16.2. The SMILES string of the molecule is NC(=O)N1Cc2[nH]nc(NC(=O)C=Cc3ccncc3)c2C1. The summed E-state index contributed by atoms with van der Waals surface area (Å²) in [6.07, 6.45) is 6.39. The van der Waals surface area contributed by atoms with Crippen molar-refractivity contribution in [3.8, 4) is 0 Å². The average Bonchev–Trinajstić information content (AvgIpc) is 3.08. The number of amides is 3. The Balaban J connectivity index is 1.67. The van der Waals surface area contributed by atoms with Gasteiger partial charge in [0.25, 0.3) is 0 Å². The minimum atomic E-state index is -0.501. The molecule has 112 valence electrons. The number of hydrogen-bond donors (Lipinski definition) is 3. The zero-order valence-corrected chi connectivity index (χ0v) is 11.6. The van der Waals surface area contributed by atoms with Gasteiger partial charge in [-0.05, 0) is 23.8 Å². The zero-order chi connectivity index (χ0) is 15.5. The molecule has 8 heteroatoms. The van der Waals surface area contributed by atoms with Gasteiger partial charge in [-0.3, -0.25) is 14.9 Å². The number of aromatic nitrogens is 3. The molecule has 0 spiro atoms. The third-order valence-electron chi connectivity index (χ3n) is 3.34. The Morgan fingerprint density at radius 2 is 2.09 bits per heavy atom. The van der Waals surface area contributed by atoms with Crippen LogP contribution in [0.25, 0.3) is 6.08 Å². The number of H-pyrrole nitrogens is 1. The zero-order valence-electron chi connectivity index (χ0n) is 11.6. The molecule has 1 aliphatic rings. The second-order valence-corrected chi connectivity index (χ2v) is 4.83. The molecule has 0 atom stereocenters. The molecule has 0 fully saturated rings. The maximum atomic E-state index is 11.9. The molecule has 0 bridgehead atoms. The summed E-state index contributed by atoms with van der Waals surface area (Å²) < 4.78 is 0. The van der Waals surface area contributed by atoms with Crippen LogP contribution < -0.4 is 11.1 Å². The Kier molecular flexibility index (Phi) is 3.57. The standard InChI is InChI=1S/C14H14N6O2/c15-14(22)20-7-10-11(8-20)18-19-13(10)17-12(21)2-1-9-3-5-16-6-4-9/h1-6H,7-8H2,(H2,15,22)(H2,17,18,19,21). The minimum Gasteiger partial charge on any atom is -0.351 e. The highest BCUT2D eigenvalue weighted by Crippen LogP contribution is 2.26. The number of nitrogens with one attached hydrogen (secondary N) is 2. The summed E-state index contributed by atoms with van der Waals surface area (Å²) >= 11 is 0. The predicted molar refractivity (Wildman–Crippen MR) is 79.3 cm³/mol. The molecule has 0 unspecified atom stereocenters. The first-order valence-corrected chi connectivity index (χ1v) is 6.63. The van der Waals surface area contributed by atoms with Gasteiger partial charge >= 0.3 is 6.03 Å². The summed E-state index contributed by atoms with van der Waals surface area (Å²) in [5.74, 6) is 0.117. The van der Waals surface area contributed by atoms with Gasteiger partial charge in [0.15, 0.2) is 5.82 Å². The van der Waals surface area contributed by atoms with Gasteiger partial charge in [0.2, 0.25) is 5.91 Å². The molecular formula is C14H14N6O2. The largest absolute Gasteiger partial charge is 0.351 e. The van der Waals surface area contributed by atoms with Crippen molar-refractivity contribution in [2.24, 2.45) is 5.73 Å². The van der Waals surface area contributed by atoms with Gasteiger partial charge in [-0.2, -0.15) is 5.10 Å². The number of primary amides is 1. The van der Waals surface area contributed by atoms with Crippen LogP contribution in [-0.2, 0) is 17.9 Å². The monoisotopic (exact) mass is 298 g/mol. The lowest BCUT2D eigenvalue weighted by molar-refractivity contribution is -0.111. The minimum absolute atomic E-state index is 0.302. The topological polar surface area (TPSA) is 117 Å². The van der Waals surface area contributed by atoms with Crippen molar-refractivity contribution in [3.05, 3.63) is 47.4 Å². The molecule has 8 nitrogen and oxygen atoms in total. The fourth-order valence-corrected chi connectivity index (χ4v) is 2.20. The molecule has 4 N–H and O–H groups in total. The van der Waals surface area contributed by atoms with Crippen LogP contribution in [0.15, 0.2) is 30.6 Å². The highest BCUT2D eigenvalue weighted by molar-refractivity contribution is 6.01. The van der Waals surface area contributed by atoms with Crippen molar-refractivity contribution >= 4 is 23.8 Å². The third kappa shape index (κ3) is 2.80. The van der Waals surface area contributed by atoms with Crippen molar-refractivity contribution in [2.75, 3.05) is 5.32 Å². The van der Waals surface area contributed by atoms with Gasteiger partial charge in [-0.25, -0.2) is 4.79 Å². The van der Waals surface area contributed by atoms with Crippen LogP contribution >= 0.6 is 0 Å². The Morgan fingerprint density at radius 3 is 2.82 bits per heavy atom. The first-order valence-electron chi connectivity index (χ1n) is 6.63. The van der Waals surface area contributed by atoms with Gasteiger partial charge in [0.05, 0.1) is 18.8 Å². The molecule has 0 aromatic carbocycles. The summed E-state index contributed by atoms with van der Waals surface area (Å²) in [6.45, 7) is 0.714. The lowest BCUT2D eigenvalue weighted by Crippen LogP contribution is -2.31. The van der Waals surface area contributed by atoms with Gasteiger partial charge < -0.3 is 16.0 Å². The fourth-order valence-electron chi connectivity index (χ4n) is 2.20. The maximum Gasteiger partial charge on any atom is 0.315 e. The highest BCUT2D eigenvalue weighted by Gasteiger charge is 2.27. The summed E-state index contributed by atoms with van der Waals surface area (Å²) in [6, 6.07) is 3.08. The van der Waals surface area contributed by atoms with Crippen molar-refractivity contribution < 1.29 is 9.59 Å². The molecule has 22 heavy (non-hydrogen) atoms. The molecule has 3 rings (SSSR count). The number of carbonyl (C=O) groups is 2. The van der Waals surface area contributed by atoms with E-state index in [0.29, 0.717) is 18.9 Å². The van der Waals surface area contributed by atoms with Crippen LogP contribution in [-0.4, -0.2) is 32.0 Å². The maximum absolute atomic E-state index is 11.9. The predicted octanol–water partition coefficient (Wildman–Crippen LogP) is 0.851. The lowest BCUT2D eigenvalue weighted by Gasteiger charge is -2.11. The van der Waals surface area contributed by atoms with Crippen LogP contribution in [0.1, 0.15) is 16.8 Å². The number of aromatic amines is 1. The Bertz CT molecular complexity index is 737. The normalized spacial score (nSPS) is 13.4. The van der Waals surface area contributed by atoms with Crippen LogP contribution in [0.3, 0.4) is 0 Å². The lowest BCUT2D eigenvalue weighted by atomic mass is 10.2. The van der Waals surface area contributed by atoms with Crippen molar-refractivity contribution in [1.82, 2.24) is 20.1 Å². The van der Waals surface area contributed by atoms with E-state index in [1.54, 1.807) is 30.6 Å². The van der Waals surface area contributed by atoms with E-state index in [4.69, 9.17) is 5.73 Å². The van der Waals surface area contributed by atoms with Crippen LogP contribution in [0.4, 0.5) is 10.6 Å². The van der Waals surface area contributed by atoms with Crippen molar-refractivity contribution in [3.63, 3.8) is 0 Å². The molecule has 2 aromatic rings.